The van der Waals surface area contributed by atoms with E-state index in [1.807, 2.05) is 30.3 Å². The van der Waals surface area contributed by atoms with Crippen molar-refractivity contribution in [3.63, 3.8) is 0 Å². The van der Waals surface area contributed by atoms with E-state index in [-0.39, 0.29) is 53.9 Å². The van der Waals surface area contributed by atoms with Crippen molar-refractivity contribution in [3.8, 4) is 0 Å². The summed E-state index contributed by atoms with van der Waals surface area (Å²) in [6.45, 7) is 4.43. The van der Waals surface area contributed by atoms with Gasteiger partial charge in [-0.2, -0.15) is 0 Å². The number of hydrogen-bond donors (Lipinski definition) is 3. The van der Waals surface area contributed by atoms with Crippen molar-refractivity contribution in [1.82, 2.24) is 16.0 Å². The van der Waals surface area contributed by atoms with E-state index in [1.165, 1.54) is 0 Å². The topological polar surface area (TPSA) is 109 Å². The number of guanidine groups is 1. The number of carbonyl (C=O) groups excluding carboxylic acids is 1. The van der Waals surface area contributed by atoms with E-state index < -0.39 is 9.84 Å². The Morgan fingerprint density at radius 3 is 2.63 bits per heavy atom. The zero-order chi connectivity index (χ0) is 21.1. The number of nitrogens with zero attached hydrogens (tertiary/aromatic N) is 1. The van der Waals surface area contributed by atoms with Gasteiger partial charge in [0.15, 0.2) is 15.8 Å². The summed E-state index contributed by atoms with van der Waals surface area (Å²) in [7, 11) is -1.31. The molecule has 2 unspecified atom stereocenters. The molecular weight excluding hydrogens is 519 g/mol. The monoisotopic (exact) mass is 552 g/mol. The minimum atomic E-state index is -2.99. The van der Waals surface area contributed by atoms with Gasteiger partial charge in [-0.05, 0) is 17.9 Å². The Labute approximate surface area is 196 Å². The van der Waals surface area contributed by atoms with Crippen LogP contribution in [0, 0.1) is 5.92 Å². The first-order valence-corrected chi connectivity index (χ1v) is 11.8. The average Bonchev–Trinajstić information content (AvgIpc) is 3.03. The van der Waals surface area contributed by atoms with Crippen LogP contribution in [0.15, 0.2) is 35.3 Å². The van der Waals surface area contributed by atoms with E-state index in [0.29, 0.717) is 44.6 Å². The van der Waals surface area contributed by atoms with E-state index in [0.717, 1.165) is 5.56 Å². The fraction of sp³-hybridized carbons (Fsp3) is 0.600. The zero-order valence-corrected chi connectivity index (χ0v) is 20.7. The molecule has 1 heterocycles. The van der Waals surface area contributed by atoms with Gasteiger partial charge in [-0.1, -0.05) is 37.3 Å². The van der Waals surface area contributed by atoms with Crippen LogP contribution in [0.25, 0.3) is 0 Å². The first-order valence-electron chi connectivity index (χ1n) is 9.94. The summed E-state index contributed by atoms with van der Waals surface area (Å²) in [5, 5.41) is 9.10. The Morgan fingerprint density at radius 2 is 2.00 bits per heavy atom. The molecule has 2 rings (SSSR count). The normalized spacial score (nSPS) is 18.9. The molecule has 0 spiro atoms. The second-order valence-electron chi connectivity index (χ2n) is 7.40. The molecule has 170 valence electrons. The molecule has 0 saturated carbocycles. The van der Waals surface area contributed by atoms with Crippen LogP contribution < -0.4 is 16.0 Å². The van der Waals surface area contributed by atoms with Gasteiger partial charge in [0, 0.05) is 32.6 Å². The summed E-state index contributed by atoms with van der Waals surface area (Å²) in [4.78, 5) is 16.1. The molecule has 0 aromatic heterocycles. The van der Waals surface area contributed by atoms with Gasteiger partial charge in [-0.15, -0.1) is 24.0 Å². The van der Waals surface area contributed by atoms with Crippen molar-refractivity contribution in [2.75, 3.05) is 38.2 Å². The molecule has 1 amide bonds. The van der Waals surface area contributed by atoms with Gasteiger partial charge in [0.2, 0.25) is 5.91 Å². The van der Waals surface area contributed by atoms with E-state index in [4.69, 9.17) is 4.74 Å². The summed E-state index contributed by atoms with van der Waals surface area (Å²) in [6.07, 6.45) is 0.752. The fourth-order valence-electron chi connectivity index (χ4n) is 3.01. The maximum absolute atomic E-state index is 12.0. The number of ether oxygens (including phenoxy) is 1. The van der Waals surface area contributed by atoms with Crippen LogP contribution in [0.3, 0.4) is 0 Å². The van der Waals surface area contributed by atoms with Crippen LogP contribution in [-0.2, 0) is 26.0 Å². The number of aliphatic imine (C=N–C) groups is 1. The lowest BCUT2D eigenvalue weighted by Gasteiger charge is -2.16. The summed E-state index contributed by atoms with van der Waals surface area (Å²) in [5.41, 5.74) is 1.15. The predicted molar refractivity (Wildman–Crippen MR) is 130 cm³/mol. The molecule has 0 radical (unpaired) electrons. The zero-order valence-electron chi connectivity index (χ0n) is 17.6. The number of halogens is 1. The van der Waals surface area contributed by atoms with Crippen LogP contribution in [-0.4, -0.2) is 64.6 Å². The maximum Gasteiger partial charge on any atom is 0.222 e. The molecule has 1 aromatic rings. The summed E-state index contributed by atoms with van der Waals surface area (Å²) in [5.74, 6) is 0.957. The van der Waals surface area contributed by atoms with Gasteiger partial charge < -0.3 is 20.7 Å². The van der Waals surface area contributed by atoms with Crippen molar-refractivity contribution in [2.45, 2.75) is 32.4 Å². The second-order valence-corrected chi connectivity index (χ2v) is 9.63. The van der Waals surface area contributed by atoms with Crippen molar-refractivity contribution in [2.24, 2.45) is 10.9 Å². The van der Waals surface area contributed by atoms with Crippen LogP contribution in [0.1, 0.15) is 25.3 Å². The fourth-order valence-corrected chi connectivity index (χ4v) is 4.68. The maximum atomic E-state index is 12.0. The standard InChI is InChI=1S/C20H32N4O4S.HI/c1-16(13-28-14-17-6-4-3-5-7-17)12-23-20(21-2)22-10-8-19(25)24-18-9-11-29(26,27)15-18;/h3-7,16,18H,8-15H2,1-2H3,(H,24,25)(H2,21,22,23);1H. The number of carbonyl (C=O) groups is 1. The van der Waals surface area contributed by atoms with Crippen LogP contribution in [0.4, 0.5) is 0 Å². The Hall–Kier alpha value is -1.40. The minimum absolute atomic E-state index is 0. The Kier molecular flexibility index (Phi) is 12.3. The molecule has 2 atom stereocenters. The van der Waals surface area contributed by atoms with E-state index in [2.05, 4.69) is 27.9 Å². The van der Waals surface area contributed by atoms with Gasteiger partial charge in [-0.3, -0.25) is 9.79 Å². The third kappa shape index (κ3) is 10.6. The smallest absolute Gasteiger partial charge is 0.222 e. The SMILES string of the molecule is CN=C(NCCC(=O)NC1CCS(=O)(=O)C1)NCC(C)COCc1ccccc1.I. The predicted octanol–water partition coefficient (Wildman–Crippen LogP) is 1.32. The molecule has 1 aliphatic heterocycles. The largest absolute Gasteiger partial charge is 0.376 e. The van der Waals surface area contributed by atoms with E-state index in [9.17, 15) is 13.2 Å². The summed E-state index contributed by atoms with van der Waals surface area (Å²) in [6, 6.07) is 9.79. The van der Waals surface area contributed by atoms with Gasteiger partial charge in [-0.25, -0.2) is 8.42 Å². The molecule has 1 aliphatic rings. The number of hydrogen-bond acceptors (Lipinski definition) is 5. The molecule has 0 bridgehead atoms. The lowest BCUT2D eigenvalue weighted by Crippen LogP contribution is -2.42. The molecule has 1 aromatic carbocycles. The third-order valence-electron chi connectivity index (χ3n) is 4.60. The molecule has 10 heteroatoms. The number of nitrogens with one attached hydrogen (secondary N) is 3. The lowest BCUT2D eigenvalue weighted by atomic mass is 10.2. The number of benzene rings is 1. The van der Waals surface area contributed by atoms with E-state index >= 15 is 0 Å². The second kappa shape index (κ2) is 13.8. The van der Waals surface area contributed by atoms with Gasteiger partial charge in [0.1, 0.15) is 0 Å². The Bertz CT molecular complexity index is 774. The first kappa shape index (κ1) is 26.6. The summed E-state index contributed by atoms with van der Waals surface area (Å²) < 4.78 is 28.6. The Morgan fingerprint density at radius 1 is 1.27 bits per heavy atom. The first-order chi connectivity index (χ1) is 13.9. The lowest BCUT2D eigenvalue weighted by molar-refractivity contribution is -0.121. The highest BCUT2D eigenvalue weighted by atomic mass is 127. The molecule has 1 fully saturated rings. The molecule has 30 heavy (non-hydrogen) atoms. The van der Waals surface area contributed by atoms with Crippen LogP contribution in [0.5, 0.6) is 0 Å². The molecule has 8 nitrogen and oxygen atoms in total. The molecular formula is C20H33IN4O4S. The third-order valence-corrected chi connectivity index (χ3v) is 6.37. The molecule has 1 saturated heterocycles. The number of sulfone groups is 1. The quantitative estimate of drug-likeness (QED) is 0.230. The molecule has 3 N–H and O–H groups in total. The highest BCUT2D eigenvalue weighted by Crippen LogP contribution is 2.11. The summed E-state index contributed by atoms with van der Waals surface area (Å²) >= 11 is 0. The Balaban J connectivity index is 0.00000450. The van der Waals surface area contributed by atoms with E-state index in [1.54, 1.807) is 7.05 Å². The van der Waals surface area contributed by atoms with Gasteiger partial charge in [0.05, 0.1) is 24.7 Å². The average molecular weight is 552 g/mol. The van der Waals surface area contributed by atoms with Crippen LogP contribution >= 0.6 is 24.0 Å². The number of rotatable bonds is 10. The minimum Gasteiger partial charge on any atom is -0.376 e. The van der Waals surface area contributed by atoms with Crippen molar-refractivity contribution < 1.29 is 17.9 Å². The number of amides is 1. The van der Waals surface area contributed by atoms with Crippen LogP contribution in [0.2, 0.25) is 0 Å². The van der Waals surface area contributed by atoms with Crippen molar-refractivity contribution >= 4 is 45.7 Å². The van der Waals surface area contributed by atoms with Gasteiger partial charge in [0.25, 0.3) is 0 Å². The molecule has 0 aliphatic carbocycles. The van der Waals surface area contributed by atoms with Crippen molar-refractivity contribution in [3.05, 3.63) is 35.9 Å². The van der Waals surface area contributed by atoms with Crippen molar-refractivity contribution in [1.29, 1.82) is 0 Å². The highest BCUT2D eigenvalue weighted by Gasteiger charge is 2.28. The highest BCUT2D eigenvalue weighted by molar-refractivity contribution is 14.0. The van der Waals surface area contributed by atoms with Gasteiger partial charge >= 0.3 is 0 Å².